The Balaban J connectivity index is 2.25. The van der Waals surface area contributed by atoms with Gasteiger partial charge in [0.25, 0.3) is 0 Å². The molecule has 1 aromatic rings. The molecule has 1 heterocycles. The predicted molar refractivity (Wildman–Crippen MR) is 95.5 cm³/mol. The highest BCUT2D eigenvalue weighted by molar-refractivity contribution is 5.93. The molecule has 0 bridgehead atoms. The fourth-order valence-electron chi connectivity index (χ4n) is 3.26. The third kappa shape index (κ3) is 4.69. The number of ether oxygens (including phenoxy) is 1. The normalized spacial score (nSPS) is 17.2. The SMILES string of the molecule is COC(=O)c1cc(C(F)(F)F)cc(NC2CCN(C(C)(C)C)CC2)c1C. The summed E-state index contributed by atoms with van der Waals surface area (Å²) in [5.41, 5.74) is -0.0117. The summed E-state index contributed by atoms with van der Waals surface area (Å²) >= 11 is 0. The Morgan fingerprint density at radius 2 is 1.77 bits per heavy atom. The summed E-state index contributed by atoms with van der Waals surface area (Å²) in [4.78, 5) is 14.3. The molecule has 1 aromatic carbocycles. The molecule has 7 heteroatoms. The number of piperidine rings is 1. The molecule has 1 fully saturated rings. The second-order valence-electron chi connectivity index (χ2n) is 7.76. The molecule has 26 heavy (non-hydrogen) atoms. The minimum atomic E-state index is -4.53. The molecule has 0 saturated carbocycles. The highest BCUT2D eigenvalue weighted by Crippen LogP contribution is 2.35. The molecule has 0 aromatic heterocycles. The van der Waals surface area contributed by atoms with Crippen LogP contribution in [0, 0.1) is 6.92 Å². The first-order valence-electron chi connectivity index (χ1n) is 8.75. The molecule has 146 valence electrons. The molecule has 1 aliphatic heterocycles. The number of nitrogens with zero attached hydrogens (tertiary/aromatic N) is 1. The number of hydrogen-bond acceptors (Lipinski definition) is 4. The standard InChI is InChI=1S/C19H27F3N2O2/c1-12-15(17(25)26-5)10-13(19(20,21)22)11-16(12)23-14-6-8-24(9-7-14)18(2,3)4/h10-11,14,23H,6-9H2,1-5H3. The van der Waals surface area contributed by atoms with Crippen LogP contribution in [0.1, 0.15) is 55.1 Å². The number of halogens is 3. The van der Waals surface area contributed by atoms with E-state index in [2.05, 4.69) is 35.7 Å². The van der Waals surface area contributed by atoms with Gasteiger partial charge in [-0.05, 0) is 58.2 Å². The van der Waals surface area contributed by atoms with Gasteiger partial charge in [0.2, 0.25) is 0 Å². The van der Waals surface area contributed by atoms with Crippen LogP contribution in [0.2, 0.25) is 0 Å². The average molecular weight is 372 g/mol. The zero-order chi connectivity index (χ0) is 19.7. The molecular formula is C19H27F3N2O2. The fourth-order valence-corrected chi connectivity index (χ4v) is 3.26. The second kappa shape index (κ2) is 7.47. The Morgan fingerprint density at radius 1 is 1.19 bits per heavy atom. The van der Waals surface area contributed by atoms with E-state index in [4.69, 9.17) is 0 Å². The van der Waals surface area contributed by atoms with E-state index in [1.807, 2.05) is 0 Å². The minimum Gasteiger partial charge on any atom is -0.465 e. The molecule has 0 radical (unpaired) electrons. The molecular weight excluding hydrogens is 345 g/mol. The van der Waals surface area contributed by atoms with Crippen molar-refractivity contribution in [2.75, 3.05) is 25.5 Å². The summed E-state index contributed by atoms with van der Waals surface area (Å²) in [6.45, 7) is 9.85. The van der Waals surface area contributed by atoms with E-state index in [1.54, 1.807) is 6.92 Å². The summed E-state index contributed by atoms with van der Waals surface area (Å²) in [7, 11) is 1.16. The van der Waals surface area contributed by atoms with Crippen LogP contribution in [0.15, 0.2) is 12.1 Å². The van der Waals surface area contributed by atoms with Gasteiger partial charge in [-0.2, -0.15) is 13.2 Å². The van der Waals surface area contributed by atoms with Crippen molar-refractivity contribution >= 4 is 11.7 Å². The Hall–Kier alpha value is -1.76. The van der Waals surface area contributed by atoms with Gasteiger partial charge in [0.05, 0.1) is 18.2 Å². The van der Waals surface area contributed by atoms with Crippen LogP contribution >= 0.6 is 0 Å². The maximum absolute atomic E-state index is 13.2. The van der Waals surface area contributed by atoms with Crippen LogP contribution < -0.4 is 5.32 Å². The van der Waals surface area contributed by atoms with E-state index >= 15 is 0 Å². The lowest BCUT2D eigenvalue weighted by atomic mass is 9.96. The van der Waals surface area contributed by atoms with Gasteiger partial charge in [0.1, 0.15) is 0 Å². The topological polar surface area (TPSA) is 41.6 Å². The summed E-state index contributed by atoms with van der Waals surface area (Å²) in [5.74, 6) is -0.765. The van der Waals surface area contributed by atoms with Crippen LogP contribution in [0.5, 0.6) is 0 Å². The number of hydrogen-bond donors (Lipinski definition) is 1. The third-order valence-corrected chi connectivity index (χ3v) is 4.94. The monoisotopic (exact) mass is 372 g/mol. The van der Waals surface area contributed by atoms with E-state index in [-0.39, 0.29) is 17.1 Å². The van der Waals surface area contributed by atoms with E-state index in [0.717, 1.165) is 45.2 Å². The molecule has 0 amide bonds. The largest absolute Gasteiger partial charge is 0.465 e. The van der Waals surface area contributed by atoms with Crippen molar-refractivity contribution in [3.63, 3.8) is 0 Å². The zero-order valence-electron chi connectivity index (χ0n) is 16.0. The van der Waals surface area contributed by atoms with Crippen molar-refractivity contribution in [1.29, 1.82) is 0 Å². The fraction of sp³-hybridized carbons (Fsp3) is 0.632. The van der Waals surface area contributed by atoms with Crippen molar-refractivity contribution in [3.8, 4) is 0 Å². The number of nitrogens with one attached hydrogen (secondary N) is 1. The van der Waals surface area contributed by atoms with Crippen molar-refractivity contribution < 1.29 is 22.7 Å². The summed E-state index contributed by atoms with van der Waals surface area (Å²) in [6.07, 6.45) is -2.86. The molecule has 0 unspecified atom stereocenters. The summed E-state index contributed by atoms with van der Waals surface area (Å²) < 4.78 is 44.3. The van der Waals surface area contributed by atoms with Gasteiger partial charge in [0, 0.05) is 30.4 Å². The van der Waals surface area contributed by atoms with Crippen molar-refractivity contribution in [2.45, 2.75) is 58.3 Å². The van der Waals surface area contributed by atoms with Gasteiger partial charge >= 0.3 is 12.1 Å². The third-order valence-electron chi connectivity index (χ3n) is 4.94. The first-order chi connectivity index (χ1) is 11.9. The van der Waals surface area contributed by atoms with Gasteiger partial charge in [-0.15, -0.1) is 0 Å². The van der Waals surface area contributed by atoms with E-state index in [0.29, 0.717) is 11.3 Å². The molecule has 1 N–H and O–H groups in total. The molecule has 0 atom stereocenters. The number of carbonyl (C=O) groups excluding carboxylic acids is 1. The highest BCUT2D eigenvalue weighted by Gasteiger charge is 2.33. The van der Waals surface area contributed by atoms with Gasteiger partial charge in [0.15, 0.2) is 0 Å². The highest BCUT2D eigenvalue weighted by atomic mass is 19.4. The van der Waals surface area contributed by atoms with Crippen LogP contribution in [0.25, 0.3) is 0 Å². The second-order valence-corrected chi connectivity index (χ2v) is 7.76. The van der Waals surface area contributed by atoms with Crippen molar-refractivity contribution in [1.82, 2.24) is 4.90 Å². The number of esters is 1. The minimum absolute atomic E-state index is 0.0584. The first kappa shape index (κ1) is 20.6. The molecule has 2 rings (SSSR count). The number of anilines is 1. The van der Waals surface area contributed by atoms with Gasteiger partial charge < -0.3 is 10.1 Å². The lowest BCUT2D eigenvalue weighted by Crippen LogP contribution is -2.48. The van der Waals surface area contributed by atoms with Crippen LogP contribution in [-0.4, -0.2) is 42.6 Å². The first-order valence-corrected chi connectivity index (χ1v) is 8.75. The predicted octanol–water partition coefficient (Wildman–Crippen LogP) is 4.48. The molecule has 4 nitrogen and oxygen atoms in total. The molecule has 0 aliphatic carbocycles. The van der Waals surface area contributed by atoms with E-state index in [1.165, 1.54) is 0 Å². The Kier molecular flexibility index (Phi) is 5.90. The van der Waals surface area contributed by atoms with Crippen LogP contribution in [0.4, 0.5) is 18.9 Å². The van der Waals surface area contributed by atoms with Gasteiger partial charge in [-0.1, -0.05) is 0 Å². The number of alkyl halides is 3. The molecule has 1 saturated heterocycles. The number of likely N-dealkylation sites (tertiary alicyclic amines) is 1. The van der Waals surface area contributed by atoms with Gasteiger partial charge in [-0.3, -0.25) is 4.90 Å². The summed E-state index contributed by atoms with van der Waals surface area (Å²) in [5, 5.41) is 3.22. The molecule has 0 spiro atoms. The van der Waals surface area contributed by atoms with Crippen molar-refractivity contribution in [3.05, 3.63) is 28.8 Å². The maximum Gasteiger partial charge on any atom is 0.416 e. The van der Waals surface area contributed by atoms with Crippen LogP contribution in [0.3, 0.4) is 0 Å². The smallest absolute Gasteiger partial charge is 0.416 e. The van der Waals surface area contributed by atoms with Gasteiger partial charge in [-0.25, -0.2) is 4.79 Å². The number of methoxy groups -OCH3 is 1. The van der Waals surface area contributed by atoms with E-state index < -0.39 is 17.7 Å². The zero-order valence-corrected chi connectivity index (χ0v) is 16.0. The number of benzene rings is 1. The Morgan fingerprint density at radius 3 is 2.23 bits per heavy atom. The lowest BCUT2D eigenvalue weighted by Gasteiger charge is -2.41. The quantitative estimate of drug-likeness (QED) is 0.795. The van der Waals surface area contributed by atoms with Crippen LogP contribution in [-0.2, 0) is 10.9 Å². The lowest BCUT2D eigenvalue weighted by molar-refractivity contribution is -0.137. The Bertz CT molecular complexity index is 658. The maximum atomic E-state index is 13.2. The van der Waals surface area contributed by atoms with Crippen molar-refractivity contribution in [2.24, 2.45) is 0 Å². The summed E-state index contributed by atoms with van der Waals surface area (Å²) in [6, 6.07) is 2.01. The number of carbonyl (C=O) groups is 1. The molecule has 1 aliphatic rings. The Labute approximate surface area is 152 Å². The average Bonchev–Trinajstić information content (AvgIpc) is 2.54. The number of rotatable bonds is 3. The van der Waals surface area contributed by atoms with E-state index in [9.17, 15) is 18.0 Å².